The van der Waals surface area contributed by atoms with Crippen molar-refractivity contribution in [2.75, 3.05) is 18.4 Å². The molecule has 2 N–H and O–H groups in total. The predicted octanol–water partition coefficient (Wildman–Crippen LogP) is 2.99. The van der Waals surface area contributed by atoms with Crippen LogP contribution >= 0.6 is 11.3 Å². The molecule has 2 rings (SSSR count). The third-order valence-electron chi connectivity index (χ3n) is 3.69. The Balaban J connectivity index is 2.12. The van der Waals surface area contributed by atoms with Crippen LogP contribution in [0.5, 0.6) is 0 Å². The van der Waals surface area contributed by atoms with E-state index in [4.69, 9.17) is 5.11 Å². The van der Waals surface area contributed by atoms with Crippen molar-refractivity contribution in [3.8, 4) is 0 Å². The number of thiazole rings is 1. The molecule has 0 unspecified atom stereocenters. The fraction of sp³-hybridized carbons (Fsp3) is 0.615. The number of urea groups is 1. The molecule has 2 heterocycles. The third-order valence-corrected chi connectivity index (χ3v) is 4.82. The first-order valence-corrected chi connectivity index (χ1v) is 7.78. The minimum absolute atomic E-state index is 0.103. The molecule has 128 valence electrons. The molecule has 1 fully saturated rings. The highest BCUT2D eigenvalue weighted by Gasteiger charge is 2.53. The van der Waals surface area contributed by atoms with Crippen LogP contribution in [0.2, 0.25) is 0 Å². The van der Waals surface area contributed by atoms with Crippen LogP contribution in [-0.4, -0.2) is 46.3 Å². The van der Waals surface area contributed by atoms with Gasteiger partial charge in [0.05, 0.1) is 22.2 Å². The van der Waals surface area contributed by atoms with Gasteiger partial charge >= 0.3 is 18.2 Å². The monoisotopic (exact) mass is 351 g/mol. The summed E-state index contributed by atoms with van der Waals surface area (Å²) < 4.78 is 38.8. The van der Waals surface area contributed by atoms with Gasteiger partial charge in [0.1, 0.15) is 5.82 Å². The van der Waals surface area contributed by atoms with Crippen molar-refractivity contribution in [3.63, 3.8) is 0 Å². The van der Waals surface area contributed by atoms with E-state index in [1.54, 1.807) is 0 Å². The predicted molar refractivity (Wildman–Crippen MR) is 77.5 cm³/mol. The lowest BCUT2D eigenvalue weighted by Crippen LogP contribution is -2.35. The summed E-state index contributed by atoms with van der Waals surface area (Å²) in [6.45, 7) is 2.65. The largest absolute Gasteiger partial charge is 0.481 e. The number of carboxylic acid groups (broad SMARTS) is 1. The van der Waals surface area contributed by atoms with Gasteiger partial charge in [0, 0.05) is 13.1 Å². The number of hydrogen-bond donors (Lipinski definition) is 2. The van der Waals surface area contributed by atoms with Crippen LogP contribution in [0, 0.1) is 11.8 Å². The number of amides is 2. The molecule has 1 aliphatic rings. The lowest BCUT2D eigenvalue weighted by atomic mass is 9.96. The van der Waals surface area contributed by atoms with Gasteiger partial charge in [0.25, 0.3) is 0 Å². The molecule has 2 amide bonds. The Labute approximate surface area is 134 Å². The highest BCUT2D eigenvalue weighted by atomic mass is 32.1. The standard InChI is InChI=1S/C13H16F3N3O3S/c1-6(2)9-10(17-5-23-9)18-12(22)19-3-7(11(20)21)8(4-19)13(14,15)16/h5-8H,3-4H2,1-2H3,(H,18,22)(H,20,21)/t7-,8-/m1/s1. The molecule has 0 aromatic carbocycles. The van der Waals surface area contributed by atoms with Crippen LogP contribution in [0.15, 0.2) is 5.51 Å². The van der Waals surface area contributed by atoms with Crippen LogP contribution in [0.3, 0.4) is 0 Å². The smallest absolute Gasteiger partial charge is 0.394 e. The number of likely N-dealkylation sites (tertiary alicyclic amines) is 1. The first kappa shape index (κ1) is 17.5. The third kappa shape index (κ3) is 3.74. The van der Waals surface area contributed by atoms with E-state index < -0.39 is 43.1 Å². The van der Waals surface area contributed by atoms with Gasteiger partial charge in [-0.15, -0.1) is 11.3 Å². The van der Waals surface area contributed by atoms with Crippen LogP contribution in [-0.2, 0) is 4.79 Å². The summed E-state index contributed by atoms with van der Waals surface area (Å²) in [6, 6.07) is -0.768. The fourth-order valence-corrected chi connectivity index (χ4v) is 3.25. The van der Waals surface area contributed by atoms with Crippen molar-refractivity contribution in [3.05, 3.63) is 10.4 Å². The minimum atomic E-state index is -4.66. The summed E-state index contributed by atoms with van der Waals surface area (Å²) in [5.74, 6) is -4.87. The second-order valence-corrected chi connectivity index (χ2v) is 6.53. The Morgan fingerprint density at radius 1 is 1.43 bits per heavy atom. The van der Waals surface area contributed by atoms with E-state index in [0.717, 1.165) is 9.78 Å². The number of aliphatic carboxylic acids is 1. The molecule has 2 atom stereocenters. The average Bonchev–Trinajstić information content (AvgIpc) is 3.03. The number of carboxylic acids is 1. The summed E-state index contributed by atoms with van der Waals surface area (Å²) in [5, 5.41) is 11.4. The minimum Gasteiger partial charge on any atom is -0.481 e. The van der Waals surface area contributed by atoms with Crippen LogP contribution in [0.25, 0.3) is 0 Å². The van der Waals surface area contributed by atoms with Crippen molar-refractivity contribution in [2.45, 2.75) is 25.9 Å². The highest BCUT2D eigenvalue weighted by Crippen LogP contribution is 2.38. The van der Waals surface area contributed by atoms with Gasteiger partial charge in [0.2, 0.25) is 0 Å². The lowest BCUT2D eigenvalue weighted by Gasteiger charge is -2.18. The van der Waals surface area contributed by atoms with Crippen molar-refractivity contribution in [2.24, 2.45) is 11.8 Å². The van der Waals surface area contributed by atoms with E-state index in [0.29, 0.717) is 5.82 Å². The van der Waals surface area contributed by atoms with Crippen molar-refractivity contribution < 1.29 is 27.9 Å². The number of aromatic nitrogens is 1. The Kier molecular flexibility index (Phi) is 4.83. The second kappa shape index (κ2) is 6.34. The molecule has 1 aromatic rings. The van der Waals surface area contributed by atoms with Crippen molar-refractivity contribution in [1.82, 2.24) is 9.88 Å². The summed E-state index contributed by atoms with van der Waals surface area (Å²) in [5.41, 5.74) is 1.54. The number of nitrogens with zero attached hydrogens (tertiary/aromatic N) is 2. The number of nitrogens with one attached hydrogen (secondary N) is 1. The quantitative estimate of drug-likeness (QED) is 0.877. The zero-order valence-electron chi connectivity index (χ0n) is 12.4. The number of alkyl halides is 3. The normalized spacial score (nSPS) is 21.7. The van der Waals surface area contributed by atoms with E-state index in [1.807, 2.05) is 13.8 Å². The molecule has 1 saturated heterocycles. The van der Waals surface area contributed by atoms with Gasteiger partial charge < -0.3 is 10.0 Å². The number of halogens is 3. The zero-order chi connectivity index (χ0) is 17.4. The number of anilines is 1. The number of carbonyl (C=O) groups is 2. The van der Waals surface area contributed by atoms with E-state index in [2.05, 4.69) is 10.3 Å². The summed E-state index contributed by atoms with van der Waals surface area (Å²) in [7, 11) is 0. The Morgan fingerprint density at radius 3 is 2.57 bits per heavy atom. The van der Waals surface area contributed by atoms with Gasteiger partial charge in [-0.1, -0.05) is 13.8 Å². The van der Waals surface area contributed by atoms with E-state index in [-0.39, 0.29) is 5.92 Å². The van der Waals surface area contributed by atoms with Gasteiger partial charge in [-0.05, 0) is 5.92 Å². The van der Waals surface area contributed by atoms with Crippen molar-refractivity contribution in [1.29, 1.82) is 0 Å². The Bertz CT molecular complexity index is 603. The molecule has 0 spiro atoms. The molecule has 0 radical (unpaired) electrons. The number of hydrogen-bond acceptors (Lipinski definition) is 4. The first-order chi connectivity index (χ1) is 10.6. The fourth-order valence-electron chi connectivity index (χ4n) is 2.49. The van der Waals surface area contributed by atoms with E-state index in [1.165, 1.54) is 16.8 Å². The molecule has 6 nitrogen and oxygen atoms in total. The van der Waals surface area contributed by atoms with Gasteiger partial charge in [0.15, 0.2) is 0 Å². The zero-order valence-corrected chi connectivity index (χ0v) is 13.2. The summed E-state index contributed by atoms with van der Waals surface area (Å²) in [4.78, 5) is 28.8. The SMILES string of the molecule is CC(C)c1scnc1NC(=O)N1C[C@@H](C(F)(F)F)[C@H](C(=O)O)C1. The average molecular weight is 351 g/mol. The van der Waals surface area contributed by atoms with E-state index >= 15 is 0 Å². The Hall–Kier alpha value is -1.84. The maximum atomic E-state index is 12.9. The molecule has 1 aliphatic heterocycles. The van der Waals surface area contributed by atoms with Gasteiger partial charge in [-0.2, -0.15) is 13.2 Å². The maximum absolute atomic E-state index is 12.9. The molecule has 10 heteroatoms. The number of rotatable bonds is 3. The van der Waals surface area contributed by atoms with Crippen LogP contribution in [0.4, 0.5) is 23.8 Å². The molecule has 0 aliphatic carbocycles. The molecule has 23 heavy (non-hydrogen) atoms. The first-order valence-electron chi connectivity index (χ1n) is 6.90. The van der Waals surface area contributed by atoms with Gasteiger partial charge in [-0.25, -0.2) is 9.78 Å². The highest BCUT2D eigenvalue weighted by molar-refractivity contribution is 7.10. The number of carbonyl (C=O) groups excluding carboxylic acids is 1. The summed E-state index contributed by atoms with van der Waals surface area (Å²) in [6.07, 6.45) is -4.66. The van der Waals surface area contributed by atoms with Crippen LogP contribution < -0.4 is 5.32 Å². The molecule has 0 saturated carbocycles. The summed E-state index contributed by atoms with van der Waals surface area (Å²) >= 11 is 1.33. The lowest BCUT2D eigenvalue weighted by molar-refractivity contribution is -0.187. The molecular weight excluding hydrogens is 335 g/mol. The topological polar surface area (TPSA) is 82.5 Å². The van der Waals surface area contributed by atoms with Crippen LogP contribution in [0.1, 0.15) is 24.6 Å². The second-order valence-electron chi connectivity index (χ2n) is 5.65. The maximum Gasteiger partial charge on any atom is 0.394 e. The van der Waals surface area contributed by atoms with Gasteiger partial charge in [-0.3, -0.25) is 10.1 Å². The molecule has 1 aromatic heterocycles. The Morgan fingerprint density at radius 2 is 2.09 bits per heavy atom. The molecular formula is C13H16F3N3O3S. The van der Waals surface area contributed by atoms with Crippen molar-refractivity contribution >= 4 is 29.2 Å². The molecule has 0 bridgehead atoms. The van der Waals surface area contributed by atoms with E-state index in [9.17, 15) is 22.8 Å².